The van der Waals surface area contributed by atoms with Gasteiger partial charge in [0.1, 0.15) is 5.75 Å². The number of halogens is 1. The SMILES string of the molecule is CCOc1ccc(C(=O)C[C@]2(O)C(=O)N(C)c3ccc(Cl)cc32)cc1. The molecule has 130 valence electrons. The number of hydrogen-bond donors (Lipinski definition) is 1. The second kappa shape index (κ2) is 6.50. The Morgan fingerprint density at radius 3 is 2.56 bits per heavy atom. The fraction of sp³-hybridized carbons (Fsp3) is 0.263. The Kier molecular flexibility index (Phi) is 4.54. The van der Waals surface area contributed by atoms with Crippen molar-refractivity contribution < 1.29 is 19.4 Å². The van der Waals surface area contributed by atoms with E-state index < -0.39 is 11.5 Å². The molecule has 0 aromatic heterocycles. The van der Waals surface area contributed by atoms with Crippen molar-refractivity contribution in [3.05, 3.63) is 58.6 Å². The van der Waals surface area contributed by atoms with Crippen molar-refractivity contribution >= 4 is 29.0 Å². The number of carbonyl (C=O) groups excluding carboxylic acids is 2. The number of amides is 1. The van der Waals surface area contributed by atoms with Gasteiger partial charge in [-0.15, -0.1) is 0 Å². The molecule has 1 N–H and O–H groups in total. The van der Waals surface area contributed by atoms with Crippen LogP contribution in [0.5, 0.6) is 5.75 Å². The predicted molar refractivity (Wildman–Crippen MR) is 95.3 cm³/mol. The molecule has 0 radical (unpaired) electrons. The normalized spacial score (nSPS) is 19.0. The van der Waals surface area contributed by atoms with Crippen LogP contribution in [0.25, 0.3) is 0 Å². The van der Waals surface area contributed by atoms with E-state index in [2.05, 4.69) is 0 Å². The Bertz CT molecular complexity index is 834. The summed E-state index contributed by atoms with van der Waals surface area (Å²) in [5, 5.41) is 11.4. The van der Waals surface area contributed by atoms with Crippen molar-refractivity contribution in [3.8, 4) is 5.75 Å². The highest BCUT2D eigenvalue weighted by Gasteiger charge is 2.49. The molecule has 0 saturated carbocycles. The molecular formula is C19H18ClNO4. The summed E-state index contributed by atoms with van der Waals surface area (Å²) in [6.07, 6.45) is -0.350. The Labute approximate surface area is 150 Å². The van der Waals surface area contributed by atoms with Gasteiger partial charge in [-0.05, 0) is 49.4 Å². The van der Waals surface area contributed by atoms with Crippen molar-refractivity contribution in [3.63, 3.8) is 0 Å². The lowest BCUT2D eigenvalue weighted by Gasteiger charge is -2.21. The lowest BCUT2D eigenvalue weighted by Crippen LogP contribution is -2.40. The molecule has 0 fully saturated rings. The van der Waals surface area contributed by atoms with Crippen molar-refractivity contribution in [2.24, 2.45) is 0 Å². The zero-order valence-corrected chi connectivity index (χ0v) is 14.7. The lowest BCUT2D eigenvalue weighted by atomic mass is 9.88. The summed E-state index contributed by atoms with van der Waals surface area (Å²) in [6, 6.07) is 11.5. The van der Waals surface area contributed by atoms with E-state index in [1.165, 1.54) is 11.0 Å². The van der Waals surface area contributed by atoms with Gasteiger partial charge in [-0.25, -0.2) is 0 Å². The number of ketones is 1. The monoisotopic (exact) mass is 359 g/mol. The van der Waals surface area contributed by atoms with Crippen LogP contribution < -0.4 is 9.64 Å². The van der Waals surface area contributed by atoms with E-state index in [0.717, 1.165) is 0 Å². The number of carbonyl (C=O) groups is 2. The molecule has 2 aromatic carbocycles. The van der Waals surface area contributed by atoms with Crippen LogP contribution in [0.2, 0.25) is 5.02 Å². The molecular weight excluding hydrogens is 342 g/mol. The second-order valence-electron chi connectivity index (χ2n) is 5.94. The van der Waals surface area contributed by atoms with Gasteiger partial charge in [0.2, 0.25) is 0 Å². The standard InChI is InChI=1S/C19H18ClNO4/c1-3-25-14-7-4-12(5-8-14)17(22)11-19(24)15-10-13(20)6-9-16(15)21(2)18(19)23/h4-10,24H,3,11H2,1-2H3/t19-/m1/s1. The van der Waals surface area contributed by atoms with E-state index in [1.54, 1.807) is 43.4 Å². The molecule has 1 heterocycles. The Morgan fingerprint density at radius 2 is 1.92 bits per heavy atom. The predicted octanol–water partition coefficient (Wildman–Crippen LogP) is 3.18. The average Bonchev–Trinajstić information content (AvgIpc) is 2.77. The Hall–Kier alpha value is -2.37. The number of nitrogens with zero attached hydrogens (tertiary/aromatic N) is 1. The van der Waals surface area contributed by atoms with Crippen LogP contribution in [-0.4, -0.2) is 30.5 Å². The summed E-state index contributed by atoms with van der Waals surface area (Å²) in [7, 11) is 1.56. The van der Waals surface area contributed by atoms with Gasteiger partial charge in [0.25, 0.3) is 5.91 Å². The van der Waals surface area contributed by atoms with Crippen LogP contribution in [0.4, 0.5) is 5.69 Å². The molecule has 1 aliphatic rings. The summed E-state index contributed by atoms with van der Waals surface area (Å²) in [5.74, 6) is -0.212. The highest BCUT2D eigenvalue weighted by atomic mass is 35.5. The Morgan fingerprint density at radius 1 is 1.24 bits per heavy atom. The molecule has 2 aromatic rings. The van der Waals surface area contributed by atoms with Crippen LogP contribution in [0, 0.1) is 0 Å². The molecule has 1 aliphatic heterocycles. The van der Waals surface area contributed by atoms with Gasteiger partial charge < -0.3 is 14.7 Å². The number of likely N-dealkylation sites (N-methyl/N-ethyl adjacent to an activating group) is 1. The molecule has 0 saturated heterocycles. The third-order valence-electron chi connectivity index (χ3n) is 4.33. The fourth-order valence-corrected chi connectivity index (χ4v) is 3.22. The number of anilines is 1. The zero-order valence-electron chi connectivity index (χ0n) is 14.0. The van der Waals surface area contributed by atoms with Gasteiger partial charge in [-0.2, -0.15) is 0 Å². The fourth-order valence-electron chi connectivity index (χ4n) is 3.04. The smallest absolute Gasteiger partial charge is 0.263 e. The number of aliphatic hydroxyl groups is 1. The first-order chi connectivity index (χ1) is 11.9. The first-order valence-corrected chi connectivity index (χ1v) is 8.31. The first-order valence-electron chi connectivity index (χ1n) is 7.93. The molecule has 0 aliphatic carbocycles. The van der Waals surface area contributed by atoms with Crippen molar-refractivity contribution in [2.75, 3.05) is 18.6 Å². The average molecular weight is 360 g/mol. The quantitative estimate of drug-likeness (QED) is 0.833. The highest BCUT2D eigenvalue weighted by molar-refractivity contribution is 6.31. The van der Waals surface area contributed by atoms with Crippen LogP contribution in [0.1, 0.15) is 29.3 Å². The molecule has 0 unspecified atom stereocenters. The number of rotatable bonds is 5. The Balaban J connectivity index is 1.90. The van der Waals surface area contributed by atoms with Gasteiger partial charge in [0.15, 0.2) is 11.4 Å². The molecule has 25 heavy (non-hydrogen) atoms. The highest BCUT2D eigenvalue weighted by Crippen LogP contribution is 2.43. The number of Topliss-reactive ketones (excluding diaryl/α,β-unsaturated/α-hetero) is 1. The largest absolute Gasteiger partial charge is 0.494 e. The lowest BCUT2D eigenvalue weighted by molar-refractivity contribution is -0.135. The molecule has 1 amide bonds. The first kappa shape index (κ1) is 17.5. The van der Waals surface area contributed by atoms with Gasteiger partial charge in [0.05, 0.1) is 18.7 Å². The number of benzene rings is 2. The number of ether oxygens (including phenoxy) is 1. The van der Waals surface area contributed by atoms with Crippen LogP contribution in [0.15, 0.2) is 42.5 Å². The minimum atomic E-state index is -1.91. The minimum Gasteiger partial charge on any atom is -0.494 e. The molecule has 6 heteroatoms. The van der Waals surface area contributed by atoms with Gasteiger partial charge in [-0.3, -0.25) is 9.59 Å². The van der Waals surface area contributed by atoms with Crippen LogP contribution >= 0.6 is 11.6 Å². The van der Waals surface area contributed by atoms with Crippen LogP contribution in [0.3, 0.4) is 0 Å². The maximum atomic E-state index is 12.6. The molecule has 1 atom stereocenters. The van der Waals surface area contributed by atoms with Crippen LogP contribution in [-0.2, 0) is 10.4 Å². The number of fused-ring (bicyclic) bond motifs is 1. The van der Waals surface area contributed by atoms with Crippen molar-refractivity contribution in [1.29, 1.82) is 0 Å². The third kappa shape index (κ3) is 3.01. The van der Waals surface area contributed by atoms with E-state index >= 15 is 0 Å². The number of hydrogen-bond acceptors (Lipinski definition) is 4. The van der Waals surface area contributed by atoms with E-state index in [-0.39, 0.29) is 12.2 Å². The van der Waals surface area contributed by atoms with E-state index in [1.807, 2.05) is 6.92 Å². The minimum absolute atomic E-state index is 0.333. The van der Waals surface area contributed by atoms with E-state index in [4.69, 9.17) is 16.3 Å². The van der Waals surface area contributed by atoms with E-state index in [0.29, 0.717) is 34.2 Å². The van der Waals surface area contributed by atoms with Gasteiger partial charge >= 0.3 is 0 Å². The summed E-state index contributed by atoms with van der Waals surface area (Å²) < 4.78 is 5.35. The second-order valence-corrected chi connectivity index (χ2v) is 6.38. The summed E-state index contributed by atoms with van der Waals surface area (Å²) in [5.41, 5.74) is -0.601. The molecule has 3 rings (SSSR count). The summed E-state index contributed by atoms with van der Waals surface area (Å²) >= 11 is 6.01. The maximum absolute atomic E-state index is 12.6. The topological polar surface area (TPSA) is 66.8 Å². The summed E-state index contributed by atoms with van der Waals surface area (Å²) in [4.78, 5) is 26.5. The van der Waals surface area contributed by atoms with E-state index in [9.17, 15) is 14.7 Å². The van der Waals surface area contributed by atoms with Crippen molar-refractivity contribution in [1.82, 2.24) is 0 Å². The van der Waals surface area contributed by atoms with Gasteiger partial charge in [0, 0.05) is 23.2 Å². The molecule has 0 spiro atoms. The molecule has 0 bridgehead atoms. The van der Waals surface area contributed by atoms with Gasteiger partial charge in [-0.1, -0.05) is 11.6 Å². The van der Waals surface area contributed by atoms with Crippen molar-refractivity contribution in [2.45, 2.75) is 18.9 Å². The maximum Gasteiger partial charge on any atom is 0.263 e. The summed E-state index contributed by atoms with van der Waals surface area (Å²) in [6.45, 7) is 2.41. The third-order valence-corrected chi connectivity index (χ3v) is 4.56. The zero-order chi connectivity index (χ0) is 18.2. The molecule has 5 nitrogen and oxygen atoms in total.